The van der Waals surface area contributed by atoms with Crippen molar-refractivity contribution in [1.29, 1.82) is 0 Å². The lowest BCUT2D eigenvalue weighted by molar-refractivity contribution is -0.126. The highest BCUT2D eigenvalue weighted by molar-refractivity contribution is 7.16. The number of fused-ring (bicyclic) bond motifs is 2. The maximum Gasteiger partial charge on any atom is 0.256 e. The van der Waals surface area contributed by atoms with Crippen LogP contribution in [0.25, 0.3) is 10.6 Å². The molecule has 3 aromatic heterocycles. The van der Waals surface area contributed by atoms with Crippen molar-refractivity contribution < 1.29 is 9.53 Å². The molecule has 2 aliphatic heterocycles. The number of aryl methyl sites for hydroxylation is 1. The Morgan fingerprint density at radius 2 is 2.09 bits per heavy atom. The summed E-state index contributed by atoms with van der Waals surface area (Å²) >= 11 is 7.75. The third kappa shape index (κ3) is 3.31. The Morgan fingerprint density at radius 1 is 1.21 bits per heavy atom. The van der Waals surface area contributed by atoms with Gasteiger partial charge < -0.3 is 15.0 Å². The Hall–Kier alpha value is -3.27. The molecule has 1 amide bonds. The molecule has 0 bridgehead atoms. The van der Waals surface area contributed by atoms with E-state index in [4.69, 9.17) is 16.3 Å². The zero-order valence-electron chi connectivity index (χ0n) is 17.7. The Labute approximate surface area is 198 Å². The van der Waals surface area contributed by atoms with Crippen LogP contribution in [0, 0.1) is 0 Å². The van der Waals surface area contributed by atoms with E-state index in [9.17, 15) is 4.79 Å². The van der Waals surface area contributed by atoms with E-state index < -0.39 is 5.54 Å². The van der Waals surface area contributed by atoms with Crippen LogP contribution < -0.4 is 5.32 Å². The fraction of sp³-hybridized carbons (Fsp3) is 0.217. The lowest BCUT2D eigenvalue weighted by Crippen LogP contribution is -2.56. The maximum atomic E-state index is 13.4. The molecule has 0 unspecified atom stereocenters. The molecule has 33 heavy (non-hydrogen) atoms. The minimum Gasteiger partial charge on any atom is -0.376 e. The van der Waals surface area contributed by atoms with Crippen LogP contribution in [0.4, 0.5) is 11.8 Å². The third-order valence-corrected chi connectivity index (χ3v) is 7.61. The summed E-state index contributed by atoms with van der Waals surface area (Å²) in [5, 5.41) is 7.98. The van der Waals surface area contributed by atoms with Crippen molar-refractivity contribution in [3.63, 3.8) is 0 Å². The van der Waals surface area contributed by atoms with Gasteiger partial charge in [-0.2, -0.15) is 5.10 Å². The number of aromatic nitrogens is 4. The van der Waals surface area contributed by atoms with Gasteiger partial charge >= 0.3 is 0 Å². The van der Waals surface area contributed by atoms with Crippen LogP contribution in [-0.2, 0) is 23.9 Å². The zero-order valence-corrected chi connectivity index (χ0v) is 19.2. The second-order valence-electron chi connectivity index (χ2n) is 8.13. The number of anilines is 2. The fourth-order valence-corrected chi connectivity index (χ4v) is 5.78. The van der Waals surface area contributed by atoms with Gasteiger partial charge in [-0.15, -0.1) is 11.3 Å². The maximum absolute atomic E-state index is 13.4. The minimum atomic E-state index is -0.430. The average molecular weight is 479 g/mol. The van der Waals surface area contributed by atoms with Crippen LogP contribution in [0.15, 0.2) is 54.9 Å². The van der Waals surface area contributed by atoms with Crippen molar-refractivity contribution >= 4 is 40.6 Å². The molecule has 0 atom stereocenters. The molecule has 1 fully saturated rings. The van der Waals surface area contributed by atoms with E-state index in [-0.39, 0.29) is 5.91 Å². The summed E-state index contributed by atoms with van der Waals surface area (Å²) in [7, 11) is 1.84. The Morgan fingerprint density at radius 3 is 2.82 bits per heavy atom. The summed E-state index contributed by atoms with van der Waals surface area (Å²) in [6, 6.07) is 13.3. The highest BCUT2D eigenvalue weighted by Gasteiger charge is 2.56. The fourth-order valence-electron chi connectivity index (χ4n) is 4.27. The number of benzene rings is 1. The summed E-state index contributed by atoms with van der Waals surface area (Å²) in [5.74, 6) is 1.27. The summed E-state index contributed by atoms with van der Waals surface area (Å²) in [4.78, 5) is 26.3. The van der Waals surface area contributed by atoms with E-state index in [0.717, 1.165) is 32.4 Å². The summed E-state index contributed by atoms with van der Waals surface area (Å²) in [5.41, 5.74) is 2.05. The number of thiophene rings is 1. The molecule has 1 spiro atoms. The van der Waals surface area contributed by atoms with E-state index in [2.05, 4.69) is 20.4 Å². The van der Waals surface area contributed by atoms with Gasteiger partial charge in [-0.1, -0.05) is 23.7 Å². The molecule has 1 aromatic carbocycles. The van der Waals surface area contributed by atoms with Gasteiger partial charge in [0.05, 0.1) is 35.5 Å². The van der Waals surface area contributed by atoms with Crippen molar-refractivity contribution in [2.45, 2.75) is 12.1 Å². The lowest BCUT2D eigenvalue weighted by atomic mass is 9.95. The standard InChI is InChI=1S/C23H19ClN6O2S/c1-29-19(6-8-26-29)28-22-25-7-5-17(27-22)18-10-16-20(33-18)23(12-32-13-23)30(21(16)31)11-14-3-2-4-15(24)9-14/h2-10H,11-13H2,1H3,(H,25,27,28). The van der Waals surface area contributed by atoms with Gasteiger partial charge in [0.25, 0.3) is 5.91 Å². The van der Waals surface area contributed by atoms with E-state index in [1.165, 1.54) is 0 Å². The van der Waals surface area contributed by atoms with Gasteiger partial charge in [-0.05, 0) is 29.8 Å². The van der Waals surface area contributed by atoms with E-state index in [0.29, 0.717) is 30.7 Å². The van der Waals surface area contributed by atoms with Gasteiger partial charge in [0, 0.05) is 35.8 Å². The molecule has 4 aromatic rings. The number of halogens is 1. The first-order valence-corrected chi connectivity index (χ1v) is 11.6. The van der Waals surface area contributed by atoms with Crippen LogP contribution in [0.2, 0.25) is 5.02 Å². The van der Waals surface area contributed by atoms with Gasteiger partial charge in [0.2, 0.25) is 5.95 Å². The van der Waals surface area contributed by atoms with Crippen LogP contribution >= 0.6 is 22.9 Å². The molecule has 10 heteroatoms. The molecule has 0 aliphatic carbocycles. The summed E-state index contributed by atoms with van der Waals surface area (Å²) < 4.78 is 7.32. The number of carbonyl (C=O) groups excluding carboxylic acids is 1. The monoisotopic (exact) mass is 478 g/mol. The second kappa shape index (κ2) is 7.65. The molecular formula is C23H19ClN6O2S. The highest BCUT2D eigenvalue weighted by atomic mass is 35.5. The van der Waals surface area contributed by atoms with E-state index in [1.54, 1.807) is 28.4 Å². The van der Waals surface area contributed by atoms with Crippen molar-refractivity contribution in [1.82, 2.24) is 24.6 Å². The molecule has 0 saturated carbocycles. The van der Waals surface area contributed by atoms with Gasteiger partial charge in [-0.3, -0.25) is 9.48 Å². The number of nitrogens with one attached hydrogen (secondary N) is 1. The summed E-state index contributed by atoms with van der Waals surface area (Å²) in [6.45, 7) is 1.47. The molecule has 0 radical (unpaired) electrons. The van der Waals surface area contributed by atoms with Crippen molar-refractivity contribution in [3.05, 3.63) is 75.9 Å². The van der Waals surface area contributed by atoms with Gasteiger partial charge in [-0.25, -0.2) is 9.97 Å². The van der Waals surface area contributed by atoms with Crippen LogP contribution in [-0.4, -0.2) is 43.8 Å². The number of rotatable bonds is 5. The highest BCUT2D eigenvalue weighted by Crippen LogP contribution is 2.50. The largest absolute Gasteiger partial charge is 0.376 e. The Bertz CT molecular complexity index is 1380. The number of hydrogen-bond donors (Lipinski definition) is 1. The number of hydrogen-bond acceptors (Lipinski definition) is 7. The normalized spacial score (nSPS) is 16.2. The second-order valence-corrected chi connectivity index (χ2v) is 9.62. The zero-order chi connectivity index (χ0) is 22.6. The molecule has 6 rings (SSSR count). The third-order valence-electron chi connectivity index (χ3n) is 6.03. The van der Waals surface area contributed by atoms with Crippen LogP contribution in [0.1, 0.15) is 20.8 Å². The van der Waals surface area contributed by atoms with E-state index >= 15 is 0 Å². The first-order chi connectivity index (χ1) is 16.0. The summed E-state index contributed by atoms with van der Waals surface area (Å²) in [6.07, 6.45) is 3.41. The topological polar surface area (TPSA) is 85.2 Å². The van der Waals surface area contributed by atoms with E-state index in [1.807, 2.05) is 54.4 Å². The quantitative estimate of drug-likeness (QED) is 0.462. The Kier molecular flexibility index (Phi) is 4.72. The molecule has 5 heterocycles. The van der Waals surface area contributed by atoms with Crippen LogP contribution in [0.5, 0.6) is 0 Å². The predicted octanol–water partition coefficient (Wildman–Crippen LogP) is 4.22. The molecule has 1 saturated heterocycles. The van der Waals surface area contributed by atoms with Crippen LogP contribution in [0.3, 0.4) is 0 Å². The average Bonchev–Trinajstić information content (AvgIpc) is 3.44. The molecule has 2 aliphatic rings. The number of carbonyl (C=O) groups is 1. The number of ether oxygens (including phenoxy) is 1. The minimum absolute atomic E-state index is 0.0121. The van der Waals surface area contributed by atoms with Crippen molar-refractivity contribution in [2.24, 2.45) is 7.05 Å². The lowest BCUT2D eigenvalue weighted by Gasteiger charge is -2.45. The number of nitrogens with zero attached hydrogens (tertiary/aromatic N) is 5. The smallest absolute Gasteiger partial charge is 0.256 e. The number of amides is 1. The first kappa shape index (κ1) is 20.3. The van der Waals surface area contributed by atoms with Gasteiger partial charge in [0.1, 0.15) is 11.4 Å². The predicted molar refractivity (Wildman–Crippen MR) is 126 cm³/mol. The first-order valence-electron chi connectivity index (χ1n) is 10.4. The van der Waals surface area contributed by atoms with Crippen molar-refractivity contribution in [2.75, 3.05) is 18.5 Å². The molecule has 8 nitrogen and oxygen atoms in total. The van der Waals surface area contributed by atoms with Crippen molar-refractivity contribution in [3.8, 4) is 10.6 Å². The molecular weight excluding hydrogens is 460 g/mol. The Balaban J connectivity index is 1.32. The molecule has 1 N–H and O–H groups in total. The SMILES string of the molecule is Cn1nccc1Nc1nccc(-c2cc3c(s2)C2(COC2)N(Cc2cccc(Cl)c2)C3=O)n1. The van der Waals surface area contributed by atoms with Gasteiger partial charge in [0.15, 0.2) is 0 Å². The molecule has 166 valence electrons.